The predicted molar refractivity (Wildman–Crippen MR) is 117 cm³/mol. The van der Waals surface area contributed by atoms with Gasteiger partial charge in [-0.15, -0.1) is 11.3 Å². The average molecular weight is 480 g/mol. The number of anilines is 1. The van der Waals surface area contributed by atoms with E-state index in [9.17, 15) is 27.5 Å². The van der Waals surface area contributed by atoms with Crippen molar-refractivity contribution < 1.29 is 22.7 Å². The number of hydrogen-bond acceptors (Lipinski definition) is 6. The van der Waals surface area contributed by atoms with Crippen molar-refractivity contribution in [3.8, 4) is 0 Å². The van der Waals surface area contributed by atoms with Crippen molar-refractivity contribution in [3.63, 3.8) is 0 Å². The Kier molecular flexibility index (Phi) is 6.10. The summed E-state index contributed by atoms with van der Waals surface area (Å²) in [6, 6.07) is 7.45. The van der Waals surface area contributed by atoms with Crippen LogP contribution < -0.4 is 10.6 Å². The molecule has 0 bridgehead atoms. The summed E-state index contributed by atoms with van der Waals surface area (Å²) in [5.41, 5.74) is 0.692. The molecule has 1 aliphatic rings. The molecule has 6 nitrogen and oxygen atoms in total. The highest BCUT2D eigenvalue weighted by atomic mass is 32.1. The first-order valence-electron chi connectivity index (χ1n) is 10.1. The summed E-state index contributed by atoms with van der Waals surface area (Å²) in [7, 11) is 0. The number of aromatic nitrogens is 3. The van der Waals surface area contributed by atoms with Gasteiger partial charge in [0.15, 0.2) is 0 Å². The standard InChI is InChI=1S/C22H20F4N4O2S/c1-12(18-7-8-19(33-18)22(24,25)26)30-13(2)27-20(28-21(30)32)29-10-9-16(17(31)11-29)14-3-5-15(23)6-4-14/h3-9,12,17,31H,10-11H2,1-2H3/t12?,17-/m0/s1. The maximum absolute atomic E-state index is 13.2. The maximum Gasteiger partial charge on any atom is 0.425 e. The number of benzene rings is 1. The minimum atomic E-state index is -4.45. The fourth-order valence-corrected chi connectivity index (χ4v) is 4.71. The molecule has 1 unspecified atom stereocenters. The zero-order chi connectivity index (χ0) is 23.9. The number of halogens is 4. The zero-order valence-corrected chi connectivity index (χ0v) is 18.5. The highest BCUT2D eigenvalue weighted by Crippen LogP contribution is 2.37. The quantitative estimate of drug-likeness (QED) is 0.571. The Balaban J connectivity index is 1.58. The molecular formula is C22H20F4N4O2S. The van der Waals surface area contributed by atoms with Crippen LogP contribution in [-0.4, -0.2) is 38.8 Å². The van der Waals surface area contributed by atoms with Crippen molar-refractivity contribution >= 4 is 22.9 Å². The smallest absolute Gasteiger partial charge is 0.387 e. The lowest BCUT2D eigenvalue weighted by atomic mass is 9.97. The highest BCUT2D eigenvalue weighted by Gasteiger charge is 2.33. The van der Waals surface area contributed by atoms with Gasteiger partial charge in [-0.2, -0.15) is 23.1 Å². The average Bonchev–Trinajstić information content (AvgIpc) is 3.25. The van der Waals surface area contributed by atoms with Gasteiger partial charge in [0.05, 0.1) is 18.7 Å². The maximum atomic E-state index is 13.2. The summed E-state index contributed by atoms with van der Waals surface area (Å²) in [6.45, 7) is 3.65. The van der Waals surface area contributed by atoms with Gasteiger partial charge in [-0.05, 0) is 49.2 Å². The van der Waals surface area contributed by atoms with Crippen molar-refractivity contribution in [2.75, 3.05) is 18.0 Å². The molecule has 174 valence electrons. The monoisotopic (exact) mass is 480 g/mol. The molecule has 2 aromatic heterocycles. The Bertz CT molecular complexity index is 1250. The lowest BCUT2D eigenvalue weighted by Gasteiger charge is -2.30. The molecule has 1 aliphatic heterocycles. The molecule has 0 radical (unpaired) electrons. The molecule has 2 atom stereocenters. The van der Waals surface area contributed by atoms with E-state index >= 15 is 0 Å². The molecule has 3 aromatic rings. The first-order chi connectivity index (χ1) is 15.5. The summed E-state index contributed by atoms with van der Waals surface area (Å²) in [6.07, 6.45) is -3.59. The molecule has 11 heteroatoms. The van der Waals surface area contributed by atoms with E-state index in [2.05, 4.69) is 9.97 Å². The molecule has 0 fully saturated rings. The molecule has 0 aliphatic carbocycles. The summed E-state index contributed by atoms with van der Waals surface area (Å²) >= 11 is 0.577. The third-order valence-corrected chi connectivity index (χ3v) is 6.76. The minimum absolute atomic E-state index is 0.122. The van der Waals surface area contributed by atoms with E-state index in [0.29, 0.717) is 39.7 Å². The normalized spacial score (nSPS) is 17.7. The number of hydrogen-bond donors (Lipinski definition) is 1. The molecule has 1 N–H and O–H groups in total. The molecule has 33 heavy (non-hydrogen) atoms. The van der Waals surface area contributed by atoms with Crippen LogP contribution in [0, 0.1) is 12.7 Å². The first-order valence-corrected chi connectivity index (χ1v) is 10.9. The second kappa shape index (κ2) is 8.71. The fourth-order valence-electron chi connectivity index (χ4n) is 3.79. The van der Waals surface area contributed by atoms with E-state index in [0.717, 1.165) is 6.07 Å². The van der Waals surface area contributed by atoms with Crippen LogP contribution in [0.5, 0.6) is 0 Å². The second-order valence-electron chi connectivity index (χ2n) is 7.69. The van der Waals surface area contributed by atoms with Crippen molar-refractivity contribution in [1.82, 2.24) is 14.5 Å². The third-order valence-electron chi connectivity index (χ3n) is 5.46. The summed E-state index contributed by atoms with van der Waals surface area (Å²) < 4.78 is 53.2. The Labute approximate surface area is 190 Å². The number of alkyl halides is 3. The van der Waals surface area contributed by atoms with Crippen LogP contribution in [0.15, 0.2) is 47.3 Å². The Morgan fingerprint density at radius 1 is 1.15 bits per heavy atom. The van der Waals surface area contributed by atoms with Crippen molar-refractivity contribution in [3.05, 3.63) is 79.9 Å². The molecule has 1 aromatic carbocycles. The third kappa shape index (κ3) is 4.69. The topological polar surface area (TPSA) is 71.2 Å². The molecule has 0 amide bonds. The SMILES string of the molecule is Cc1nc(N2CC=C(c3ccc(F)cc3)[C@@H](O)C2)nc(=O)n1C(C)c1ccc(C(F)(F)F)s1. The van der Waals surface area contributed by atoms with Gasteiger partial charge >= 0.3 is 11.9 Å². The Morgan fingerprint density at radius 3 is 2.42 bits per heavy atom. The van der Waals surface area contributed by atoms with E-state index in [-0.39, 0.29) is 18.3 Å². The summed E-state index contributed by atoms with van der Waals surface area (Å²) in [4.78, 5) is 22.4. The Morgan fingerprint density at radius 2 is 1.85 bits per heavy atom. The van der Waals surface area contributed by atoms with E-state index in [4.69, 9.17) is 0 Å². The second-order valence-corrected chi connectivity index (χ2v) is 8.80. The van der Waals surface area contributed by atoms with Crippen molar-refractivity contribution in [1.29, 1.82) is 0 Å². The number of thiophene rings is 1. The largest absolute Gasteiger partial charge is 0.425 e. The van der Waals surface area contributed by atoms with Gasteiger partial charge in [0, 0.05) is 11.4 Å². The summed E-state index contributed by atoms with van der Waals surface area (Å²) in [5, 5.41) is 10.6. The van der Waals surface area contributed by atoms with E-state index in [1.165, 1.54) is 22.8 Å². The number of aliphatic hydroxyl groups is 1. The van der Waals surface area contributed by atoms with Gasteiger partial charge in [-0.25, -0.2) is 9.18 Å². The van der Waals surface area contributed by atoms with E-state index in [1.807, 2.05) is 0 Å². The van der Waals surface area contributed by atoms with Crippen LogP contribution in [0.2, 0.25) is 0 Å². The molecule has 0 spiro atoms. The predicted octanol–water partition coefficient (Wildman–Crippen LogP) is 4.04. The van der Waals surface area contributed by atoms with Crippen LogP contribution in [0.1, 0.15) is 34.1 Å². The van der Waals surface area contributed by atoms with Gasteiger partial charge in [0.2, 0.25) is 5.95 Å². The first kappa shape index (κ1) is 23.1. The lowest BCUT2D eigenvalue weighted by molar-refractivity contribution is -0.134. The number of aryl methyl sites for hydroxylation is 1. The molecule has 0 saturated heterocycles. The van der Waals surface area contributed by atoms with Crippen LogP contribution in [0.25, 0.3) is 5.57 Å². The fraction of sp³-hybridized carbons (Fsp3) is 0.318. The van der Waals surface area contributed by atoms with Gasteiger partial charge in [-0.3, -0.25) is 4.57 Å². The number of rotatable bonds is 4. The van der Waals surface area contributed by atoms with E-state index in [1.54, 1.807) is 37.0 Å². The van der Waals surface area contributed by atoms with Crippen molar-refractivity contribution in [2.45, 2.75) is 32.2 Å². The van der Waals surface area contributed by atoms with Gasteiger partial charge in [-0.1, -0.05) is 18.2 Å². The number of β-amino-alcohol motifs (C(OH)–C–C–N with tert-alkyl or cyclic N) is 1. The van der Waals surface area contributed by atoms with Crippen LogP contribution in [0.4, 0.5) is 23.5 Å². The Hall–Kier alpha value is -3.05. The minimum Gasteiger partial charge on any atom is -0.387 e. The van der Waals surface area contributed by atoms with E-state index < -0.39 is 28.9 Å². The van der Waals surface area contributed by atoms with Crippen LogP contribution in [-0.2, 0) is 6.18 Å². The lowest BCUT2D eigenvalue weighted by Crippen LogP contribution is -2.41. The van der Waals surface area contributed by atoms with Crippen molar-refractivity contribution in [2.24, 2.45) is 0 Å². The van der Waals surface area contributed by atoms with Gasteiger partial charge in [0.25, 0.3) is 0 Å². The number of nitrogens with zero attached hydrogens (tertiary/aromatic N) is 4. The zero-order valence-electron chi connectivity index (χ0n) is 17.7. The number of aliphatic hydroxyl groups excluding tert-OH is 1. The molecular weight excluding hydrogens is 460 g/mol. The van der Waals surface area contributed by atoms with Crippen LogP contribution in [0.3, 0.4) is 0 Å². The van der Waals surface area contributed by atoms with Gasteiger partial charge in [0.1, 0.15) is 16.5 Å². The molecule has 4 rings (SSSR count). The highest BCUT2D eigenvalue weighted by molar-refractivity contribution is 7.12. The molecule has 3 heterocycles. The molecule has 0 saturated carbocycles. The summed E-state index contributed by atoms with van der Waals surface area (Å²) in [5.74, 6) is 0.0425. The van der Waals surface area contributed by atoms with Gasteiger partial charge < -0.3 is 10.0 Å². The van der Waals surface area contributed by atoms with Crippen LogP contribution >= 0.6 is 11.3 Å².